The summed E-state index contributed by atoms with van der Waals surface area (Å²) in [6.45, 7) is 22.7. The first kappa shape index (κ1) is 28.0. The summed E-state index contributed by atoms with van der Waals surface area (Å²) in [7, 11) is -4.35. The molecule has 0 aromatic heterocycles. The molecule has 1 unspecified atom stereocenters. The highest BCUT2D eigenvalue weighted by Crippen LogP contribution is 2.43. The van der Waals surface area contributed by atoms with Crippen LogP contribution in [0.25, 0.3) is 10.4 Å². The van der Waals surface area contributed by atoms with Gasteiger partial charge in [0.1, 0.15) is 12.1 Å². The Hall–Kier alpha value is -1.20. The van der Waals surface area contributed by atoms with Gasteiger partial charge in [-0.15, -0.1) is 0 Å². The fourth-order valence-corrected chi connectivity index (χ4v) is 5.57. The molecule has 0 bridgehead atoms. The fraction of sp³-hybridized carbons (Fsp3) is 0.750. The monoisotopic (exact) mass is 493 g/mol. The number of rotatable bonds is 9. The van der Waals surface area contributed by atoms with E-state index in [0.717, 1.165) is 5.56 Å². The van der Waals surface area contributed by atoms with Crippen LogP contribution >= 0.6 is 0 Å². The molecule has 0 amide bonds. The molecule has 1 aliphatic heterocycles. The van der Waals surface area contributed by atoms with E-state index in [2.05, 4.69) is 77.8 Å². The Kier molecular flexibility index (Phi) is 9.01. The predicted molar refractivity (Wildman–Crippen MR) is 138 cm³/mol. The lowest BCUT2D eigenvalue weighted by Crippen LogP contribution is -2.51. The lowest BCUT2D eigenvalue weighted by molar-refractivity contribution is -0.111. The summed E-state index contributed by atoms with van der Waals surface area (Å²) >= 11 is 0. The van der Waals surface area contributed by atoms with Gasteiger partial charge in [0.2, 0.25) is 0 Å². The van der Waals surface area contributed by atoms with Gasteiger partial charge < -0.3 is 18.3 Å². The standard InChI is InChI=1S/C24H43N3O4Si2/c1-23(2,3)32(7,8)30-21-19(17-28-16-18-14-12-11-13-15-18)29-22(20(21)26-27-25)31-33(9,10)24(4,5)6/h11-15,19-22H,16-17H2,1-10H3/t19-,20-,21-,22?/m1/s1. The molecule has 4 atom stereocenters. The molecule has 1 aromatic carbocycles. The molecule has 0 saturated carbocycles. The maximum atomic E-state index is 9.37. The summed E-state index contributed by atoms with van der Waals surface area (Å²) < 4.78 is 25.8. The van der Waals surface area contributed by atoms with Crippen molar-refractivity contribution in [2.24, 2.45) is 5.11 Å². The largest absolute Gasteiger partial charge is 0.411 e. The fourth-order valence-electron chi connectivity index (χ4n) is 3.11. The van der Waals surface area contributed by atoms with Gasteiger partial charge in [-0.2, -0.15) is 0 Å². The van der Waals surface area contributed by atoms with Gasteiger partial charge in [0.05, 0.1) is 19.3 Å². The first-order valence-electron chi connectivity index (χ1n) is 11.8. The Morgan fingerprint density at radius 2 is 1.48 bits per heavy atom. The maximum absolute atomic E-state index is 9.37. The Bertz CT molecular complexity index is 815. The minimum absolute atomic E-state index is 0.00171. The topological polar surface area (TPSA) is 85.7 Å². The Morgan fingerprint density at radius 3 is 2.00 bits per heavy atom. The van der Waals surface area contributed by atoms with E-state index >= 15 is 0 Å². The highest BCUT2D eigenvalue weighted by atomic mass is 28.4. The second-order valence-corrected chi connectivity index (χ2v) is 21.5. The summed E-state index contributed by atoms with van der Waals surface area (Å²) in [5.41, 5.74) is 10.5. The molecule has 33 heavy (non-hydrogen) atoms. The number of ether oxygens (including phenoxy) is 2. The summed E-state index contributed by atoms with van der Waals surface area (Å²) in [5.74, 6) is 0. The highest BCUT2D eigenvalue weighted by Gasteiger charge is 2.52. The Labute approximate surface area is 202 Å². The van der Waals surface area contributed by atoms with Crippen molar-refractivity contribution in [3.05, 3.63) is 46.3 Å². The van der Waals surface area contributed by atoms with Crippen LogP contribution < -0.4 is 0 Å². The molecule has 1 aromatic rings. The molecular weight excluding hydrogens is 450 g/mol. The van der Waals surface area contributed by atoms with E-state index < -0.39 is 35.1 Å². The number of hydrogen-bond acceptors (Lipinski definition) is 5. The molecule has 2 rings (SSSR count). The van der Waals surface area contributed by atoms with Gasteiger partial charge in [-0.25, -0.2) is 0 Å². The number of nitrogens with zero attached hydrogens (tertiary/aromatic N) is 3. The van der Waals surface area contributed by atoms with Crippen molar-refractivity contribution < 1.29 is 18.3 Å². The zero-order valence-corrected chi connectivity index (χ0v) is 24.1. The summed E-state index contributed by atoms with van der Waals surface area (Å²) in [4.78, 5) is 3.14. The van der Waals surface area contributed by atoms with Gasteiger partial charge in [-0.1, -0.05) is 77.0 Å². The zero-order valence-electron chi connectivity index (χ0n) is 22.1. The van der Waals surface area contributed by atoms with E-state index in [1.165, 1.54) is 0 Å². The van der Waals surface area contributed by atoms with E-state index in [9.17, 15) is 5.53 Å². The minimum Gasteiger partial charge on any atom is -0.411 e. The lowest BCUT2D eigenvalue weighted by Gasteiger charge is -2.41. The van der Waals surface area contributed by atoms with Crippen LogP contribution in [0, 0.1) is 0 Å². The molecule has 1 heterocycles. The van der Waals surface area contributed by atoms with Gasteiger partial charge in [0.15, 0.2) is 22.9 Å². The van der Waals surface area contributed by atoms with Gasteiger partial charge >= 0.3 is 0 Å². The van der Waals surface area contributed by atoms with Gasteiger partial charge in [-0.05, 0) is 47.4 Å². The molecule has 1 saturated heterocycles. The van der Waals surface area contributed by atoms with Crippen LogP contribution in [0.3, 0.4) is 0 Å². The predicted octanol–water partition coefficient (Wildman–Crippen LogP) is 7.02. The Morgan fingerprint density at radius 1 is 0.939 bits per heavy atom. The second-order valence-electron chi connectivity index (χ2n) is 12.0. The number of azide groups is 1. The van der Waals surface area contributed by atoms with Crippen molar-refractivity contribution in [1.29, 1.82) is 0 Å². The average Bonchev–Trinajstić information content (AvgIpc) is 2.97. The van der Waals surface area contributed by atoms with Crippen LogP contribution in [-0.2, 0) is 24.9 Å². The van der Waals surface area contributed by atoms with E-state index in [1.54, 1.807) is 0 Å². The maximum Gasteiger partial charge on any atom is 0.195 e. The number of benzene rings is 1. The molecule has 0 spiro atoms. The molecule has 1 aliphatic rings. The van der Waals surface area contributed by atoms with Gasteiger partial charge in [0.25, 0.3) is 0 Å². The Balaban J connectivity index is 2.29. The quantitative estimate of drug-likeness (QED) is 0.160. The molecule has 0 N–H and O–H groups in total. The lowest BCUT2D eigenvalue weighted by atomic mass is 10.1. The molecule has 0 radical (unpaired) electrons. The zero-order chi connectivity index (χ0) is 25.1. The summed E-state index contributed by atoms with van der Waals surface area (Å²) in [6, 6.07) is 9.48. The normalized spacial score (nSPS) is 24.5. The smallest absolute Gasteiger partial charge is 0.195 e. The van der Waals surface area contributed by atoms with Crippen molar-refractivity contribution in [2.45, 2.75) is 109 Å². The van der Waals surface area contributed by atoms with Crippen molar-refractivity contribution >= 4 is 16.6 Å². The van der Waals surface area contributed by atoms with Gasteiger partial charge in [-0.3, -0.25) is 0 Å². The van der Waals surface area contributed by atoms with Crippen molar-refractivity contribution in [3.63, 3.8) is 0 Å². The van der Waals surface area contributed by atoms with Crippen LogP contribution in [0.4, 0.5) is 0 Å². The molecule has 9 heteroatoms. The van der Waals surface area contributed by atoms with Crippen LogP contribution in [0.15, 0.2) is 35.4 Å². The minimum atomic E-state index is -2.17. The van der Waals surface area contributed by atoms with Crippen molar-refractivity contribution in [1.82, 2.24) is 0 Å². The second kappa shape index (κ2) is 10.6. The van der Waals surface area contributed by atoms with Crippen LogP contribution in [0.5, 0.6) is 0 Å². The van der Waals surface area contributed by atoms with E-state index in [4.69, 9.17) is 18.3 Å². The SMILES string of the molecule is CC(C)(C)[Si](C)(C)OC1O[C@H](COCc2ccccc2)[C@@H](O[Si](C)(C)C(C)(C)C)[C@H]1N=[N+]=[N-]. The number of hydrogen-bond donors (Lipinski definition) is 0. The van der Waals surface area contributed by atoms with E-state index in [-0.39, 0.29) is 16.2 Å². The highest BCUT2D eigenvalue weighted by molar-refractivity contribution is 6.74. The third-order valence-corrected chi connectivity index (χ3v) is 16.2. The molecule has 7 nitrogen and oxygen atoms in total. The van der Waals surface area contributed by atoms with Crippen LogP contribution in [0.1, 0.15) is 47.1 Å². The summed E-state index contributed by atoms with van der Waals surface area (Å²) in [5, 5.41) is 4.13. The molecular formula is C24H43N3O4Si2. The van der Waals surface area contributed by atoms with Crippen molar-refractivity contribution in [3.8, 4) is 0 Å². The third-order valence-electron chi connectivity index (χ3n) is 7.32. The first-order chi connectivity index (χ1) is 15.1. The van der Waals surface area contributed by atoms with E-state index in [0.29, 0.717) is 13.2 Å². The van der Waals surface area contributed by atoms with Gasteiger partial charge in [0, 0.05) is 4.91 Å². The van der Waals surface area contributed by atoms with E-state index in [1.807, 2.05) is 30.3 Å². The average molecular weight is 494 g/mol. The van der Waals surface area contributed by atoms with Crippen molar-refractivity contribution in [2.75, 3.05) is 6.61 Å². The molecule has 0 aliphatic carbocycles. The summed E-state index contributed by atoms with van der Waals surface area (Å²) in [6.07, 6.45) is -1.46. The van der Waals surface area contributed by atoms with Crippen LogP contribution in [-0.4, -0.2) is 47.8 Å². The first-order valence-corrected chi connectivity index (χ1v) is 17.6. The van der Waals surface area contributed by atoms with Crippen LogP contribution in [0.2, 0.25) is 36.3 Å². The molecule has 186 valence electrons. The third kappa shape index (κ3) is 7.15. The molecule has 1 fully saturated rings.